The van der Waals surface area contributed by atoms with Crippen molar-refractivity contribution in [2.75, 3.05) is 5.32 Å². The van der Waals surface area contributed by atoms with Crippen LogP contribution in [-0.4, -0.2) is 18.0 Å². The van der Waals surface area contributed by atoms with Crippen molar-refractivity contribution in [1.29, 1.82) is 0 Å². The average molecular weight is 412 g/mol. The zero-order chi connectivity index (χ0) is 17.7. The van der Waals surface area contributed by atoms with Crippen LogP contribution in [0.15, 0.2) is 40.9 Å². The summed E-state index contributed by atoms with van der Waals surface area (Å²) >= 11 is 4.67. The van der Waals surface area contributed by atoms with Gasteiger partial charge in [0.2, 0.25) is 0 Å². The molecule has 2 rings (SSSR count). The van der Waals surface area contributed by atoms with Crippen molar-refractivity contribution in [3.8, 4) is 0 Å². The Balaban J connectivity index is 1.90. The molecule has 1 aromatic carbocycles. The molecule has 1 N–H and O–H groups in total. The number of thiophene rings is 1. The fraction of sp³-hybridized carbons (Fsp3) is 0.176. The molecule has 0 saturated heterocycles. The van der Waals surface area contributed by atoms with Gasteiger partial charge < -0.3 is 10.1 Å². The molecule has 0 saturated carbocycles. The number of halogens is 2. The zero-order valence-electron chi connectivity index (χ0n) is 13.0. The normalized spacial score (nSPS) is 12.2. The number of anilines is 1. The summed E-state index contributed by atoms with van der Waals surface area (Å²) in [6.45, 7) is 3.39. The van der Waals surface area contributed by atoms with E-state index in [1.165, 1.54) is 25.1 Å². The molecule has 126 valence electrons. The van der Waals surface area contributed by atoms with Crippen LogP contribution in [0.2, 0.25) is 0 Å². The highest BCUT2D eigenvalue weighted by Gasteiger charge is 2.18. The van der Waals surface area contributed by atoms with Gasteiger partial charge in [0.1, 0.15) is 5.82 Å². The lowest BCUT2D eigenvalue weighted by Gasteiger charge is -2.12. The number of hydrogen-bond donors (Lipinski definition) is 1. The molecule has 0 radical (unpaired) electrons. The summed E-state index contributed by atoms with van der Waals surface area (Å²) in [5.41, 5.74) is 0.0238. The number of benzene rings is 1. The van der Waals surface area contributed by atoms with Gasteiger partial charge in [-0.05, 0) is 50.3 Å². The SMILES string of the molecule is Cc1ccc(/C=C/C(=O)O[C@@H](C)C(=O)Nc2ccc(Br)cc2F)s1. The number of aryl methyl sites for hydroxylation is 1. The van der Waals surface area contributed by atoms with Gasteiger partial charge in [0.25, 0.3) is 5.91 Å². The molecule has 24 heavy (non-hydrogen) atoms. The second-order valence-electron chi connectivity index (χ2n) is 4.97. The Hall–Kier alpha value is -1.99. The molecule has 4 nitrogen and oxygen atoms in total. The number of carbonyl (C=O) groups excluding carboxylic acids is 2. The van der Waals surface area contributed by atoms with Crippen LogP contribution in [-0.2, 0) is 14.3 Å². The summed E-state index contributed by atoms with van der Waals surface area (Å²) in [6.07, 6.45) is 1.84. The fourth-order valence-corrected chi connectivity index (χ4v) is 2.90. The van der Waals surface area contributed by atoms with Gasteiger partial charge in [-0.15, -0.1) is 11.3 Å². The third-order valence-electron chi connectivity index (χ3n) is 3.00. The molecule has 0 bridgehead atoms. The van der Waals surface area contributed by atoms with Crippen LogP contribution in [0, 0.1) is 12.7 Å². The van der Waals surface area contributed by atoms with Crippen LogP contribution in [0.3, 0.4) is 0 Å². The van der Waals surface area contributed by atoms with E-state index in [0.717, 1.165) is 9.75 Å². The first-order valence-electron chi connectivity index (χ1n) is 7.06. The van der Waals surface area contributed by atoms with Crippen LogP contribution >= 0.6 is 27.3 Å². The second kappa shape index (κ2) is 8.21. The van der Waals surface area contributed by atoms with Crippen molar-refractivity contribution < 1.29 is 18.7 Å². The highest BCUT2D eigenvalue weighted by molar-refractivity contribution is 9.10. The first-order valence-corrected chi connectivity index (χ1v) is 8.67. The summed E-state index contributed by atoms with van der Waals surface area (Å²) in [4.78, 5) is 25.8. The summed E-state index contributed by atoms with van der Waals surface area (Å²) < 4.78 is 19.3. The van der Waals surface area contributed by atoms with E-state index in [4.69, 9.17) is 4.74 Å². The van der Waals surface area contributed by atoms with Gasteiger partial charge in [0.15, 0.2) is 6.10 Å². The highest BCUT2D eigenvalue weighted by atomic mass is 79.9. The maximum Gasteiger partial charge on any atom is 0.331 e. The van der Waals surface area contributed by atoms with Crippen LogP contribution in [0.1, 0.15) is 16.7 Å². The molecule has 2 aromatic rings. The molecular formula is C17H15BrFNO3S. The van der Waals surface area contributed by atoms with Crippen molar-refractivity contribution in [3.05, 3.63) is 56.5 Å². The molecule has 1 atom stereocenters. The van der Waals surface area contributed by atoms with Gasteiger partial charge in [-0.1, -0.05) is 15.9 Å². The quantitative estimate of drug-likeness (QED) is 0.580. The maximum absolute atomic E-state index is 13.7. The lowest BCUT2D eigenvalue weighted by atomic mass is 10.3. The Morgan fingerprint density at radius 1 is 1.33 bits per heavy atom. The Morgan fingerprint density at radius 2 is 2.08 bits per heavy atom. The predicted molar refractivity (Wildman–Crippen MR) is 96.4 cm³/mol. The van der Waals surface area contributed by atoms with E-state index in [2.05, 4.69) is 21.2 Å². The number of carbonyl (C=O) groups is 2. The summed E-state index contributed by atoms with van der Waals surface area (Å²) in [6, 6.07) is 8.08. The molecule has 0 aliphatic rings. The number of rotatable bonds is 5. The van der Waals surface area contributed by atoms with E-state index >= 15 is 0 Å². The van der Waals surface area contributed by atoms with Gasteiger partial charge in [-0.2, -0.15) is 0 Å². The lowest BCUT2D eigenvalue weighted by Crippen LogP contribution is -2.29. The highest BCUT2D eigenvalue weighted by Crippen LogP contribution is 2.20. The van der Waals surface area contributed by atoms with Crippen molar-refractivity contribution >= 4 is 50.9 Å². The molecule has 1 amide bonds. The third kappa shape index (κ3) is 5.28. The van der Waals surface area contributed by atoms with E-state index in [1.807, 2.05) is 19.1 Å². The molecule has 7 heteroatoms. The van der Waals surface area contributed by atoms with E-state index in [0.29, 0.717) is 4.47 Å². The second-order valence-corrected chi connectivity index (χ2v) is 7.21. The molecule has 1 aromatic heterocycles. The minimum Gasteiger partial charge on any atom is -0.449 e. The summed E-state index contributed by atoms with van der Waals surface area (Å²) in [7, 11) is 0. The largest absolute Gasteiger partial charge is 0.449 e. The van der Waals surface area contributed by atoms with Crippen molar-refractivity contribution in [1.82, 2.24) is 0 Å². The number of esters is 1. The maximum atomic E-state index is 13.7. The first kappa shape index (κ1) is 18.4. The van der Waals surface area contributed by atoms with Crippen molar-refractivity contribution in [2.24, 2.45) is 0 Å². The lowest BCUT2D eigenvalue weighted by molar-refractivity contribution is -0.148. The average Bonchev–Trinajstić information content (AvgIpc) is 2.93. The van der Waals surface area contributed by atoms with Gasteiger partial charge in [-0.3, -0.25) is 4.79 Å². The minimum atomic E-state index is -1.05. The van der Waals surface area contributed by atoms with Crippen LogP contribution in [0.5, 0.6) is 0 Å². The number of ether oxygens (including phenoxy) is 1. The first-order chi connectivity index (χ1) is 11.3. The molecule has 0 unspecified atom stereocenters. The van der Waals surface area contributed by atoms with Crippen LogP contribution in [0.25, 0.3) is 6.08 Å². The molecule has 0 aliphatic carbocycles. The molecular weight excluding hydrogens is 397 g/mol. The molecule has 0 fully saturated rings. The Kier molecular flexibility index (Phi) is 6.28. The molecule has 0 aliphatic heterocycles. The summed E-state index contributed by atoms with van der Waals surface area (Å²) in [5.74, 6) is -1.82. The van der Waals surface area contributed by atoms with Gasteiger partial charge >= 0.3 is 5.97 Å². The van der Waals surface area contributed by atoms with Crippen molar-refractivity contribution in [3.63, 3.8) is 0 Å². The van der Waals surface area contributed by atoms with Gasteiger partial charge in [-0.25, -0.2) is 9.18 Å². The van der Waals surface area contributed by atoms with E-state index in [9.17, 15) is 14.0 Å². The Labute approximate surface area is 151 Å². The smallest absolute Gasteiger partial charge is 0.331 e. The zero-order valence-corrected chi connectivity index (χ0v) is 15.4. The number of amides is 1. The monoisotopic (exact) mass is 411 g/mol. The van der Waals surface area contributed by atoms with Crippen molar-refractivity contribution in [2.45, 2.75) is 20.0 Å². The Bertz CT molecular complexity index is 788. The van der Waals surface area contributed by atoms with E-state index in [1.54, 1.807) is 23.5 Å². The molecule has 0 spiro atoms. The Morgan fingerprint density at radius 3 is 2.71 bits per heavy atom. The van der Waals surface area contributed by atoms with Crippen LogP contribution < -0.4 is 5.32 Å². The van der Waals surface area contributed by atoms with Gasteiger partial charge in [0, 0.05) is 20.3 Å². The summed E-state index contributed by atoms with van der Waals surface area (Å²) in [5, 5.41) is 2.39. The topological polar surface area (TPSA) is 55.4 Å². The minimum absolute atomic E-state index is 0.0238. The number of nitrogens with one attached hydrogen (secondary N) is 1. The fourth-order valence-electron chi connectivity index (χ4n) is 1.79. The van der Waals surface area contributed by atoms with E-state index < -0.39 is 23.8 Å². The van der Waals surface area contributed by atoms with E-state index in [-0.39, 0.29) is 5.69 Å². The van der Waals surface area contributed by atoms with Crippen LogP contribution in [0.4, 0.5) is 10.1 Å². The third-order valence-corrected chi connectivity index (χ3v) is 4.46. The number of hydrogen-bond acceptors (Lipinski definition) is 4. The standard InChI is InChI=1S/C17H15BrFNO3S/c1-10-3-5-13(24-10)6-8-16(21)23-11(2)17(22)20-15-7-4-12(18)9-14(15)19/h3-9,11H,1-2H3,(H,20,22)/b8-6+/t11-/m0/s1. The predicted octanol–water partition coefficient (Wildman–Crippen LogP) is 4.54. The molecule has 1 heterocycles. The van der Waals surface area contributed by atoms with Gasteiger partial charge in [0.05, 0.1) is 5.69 Å².